The number of anilines is 3. The van der Waals surface area contributed by atoms with Crippen molar-refractivity contribution in [1.29, 1.82) is 0 Å². The van der Waals surface area contributed by atoms with Gasteiger partial charge >= 0.3 is 6.03 Å². The van der Waals surface area contributed by atoms with Gasteiger partial charge in [-0.25, -0.2) is 4.79 Å². The number of nitrogens with two attached hydrogens (primary N) is 1. The molecular formula is C19H23ClN4O2. The van der Waals surface area contributed by atoms with Gasteiger partial charge < -0.3 is 21.7 Å². The van der Waals surface area contributed by atoms with Gasteiger partial charge in [-0.1, -0.05) is 18.2 Å². The molecule has 138 valence electrons. The molecule has 0 heterocycles. The monoisotopic (exact) mass is 374 g/mol. The van der Waals surface area contributed by atoms with Gasteiger partial charge in [-0.3, -0.25) is 4.79 Å². The van der Waals surface area contributed by atoms with Gasteiger partial charge in [0.15, 0.2) is 0 Å². The standard InChI is InChI=1S/C19H22N4O2.ClH/c20-14-7-6-13(12-14)18(24)21-16-8-10-17(11-9-16)23-19(25)22-15-4-2-1-3-5-15;/h1-5,8-11,13-14H,6-7,12,20H2,(H,21,24)(H2,22,23,25);1H. The highest BCUT2D eigenvalue weighted by atomic mass is 35.5. The van der Waals surface area contributed by atoms with Crippen LogP contribution in [0.25, 0.3) is 0 Å². The molecule has 6 nitrogen and oxygen atoms in total. The Labute approximate surface area is 159 Å². The summed E-state index contributed by atoms with van der Waals surface area (Å²) in [6, 6.07) is 16.1. The predicted molar refractivity (Wildman–Crippen MR) is 107 cm³/mol. The number of amides is 3. The van der Waals surface area contributed by atoms with Crippen molar-refractivity contribution in [3.63, 3.8) is 0 Å². The number of halogens is 1. The van der Waals surface area contributed by atoms with E-state index in [0.29, 0.717) is 11.4 Å². The van der Waals surface area contributed by atoms with Crippen LogP contribution < -0.4 is 21.7 Å². The molecule has 0 aliphatic heterocycles. The number of rotatable bonds is 4. The summed E-state index contributed by atoms with van der Waals surface area (Å²) in [7, 11) is 0. The number of carbonyl (C=O) groups is 2. The predicted octanol–water partition coefficient (Wildman–Crippen LogP) is 3.82. The first-order valence-electron chi connectivity index (χ1n) is 8.40. The molecule has 2 aromatic carbocycles. The number of hydrogen-bond acceptors (Lipinski definition) is 3. The fourth-order valence-electron chi connectivity index (χ4n) is 2.95. The third-order valence-corrected chi connectivity index (χ3v) is 4.29. The van der Waals surface area contributed by atoms with Crippen LogP contribution in [0, 0.1) is 5.92 Å². The summed E-state index contributed by atoms with van der Waals surface area (Å²) in [4.78, 5) is 24.1. The quantitative estimate of drug-likeness (QED) is 0.655. The van der Waals surface area contributed by atoms with Crippen molar-refractivity contribution in [2.24, 2.45) is 11.7 Å². The summed E-state index contributed by atoms with van der Waals surface area (Å²) < 4.78 is 0. The number of para-hydroxylation sites is 1. The van der Waals surface area contributed by atoms with Gasteiger partial charge in [0.2, 0.25) is 5.91 Å². The summed E-state index contributed by atoms with van der Waals surface area (Å²) in [5.41, 5.74) is 7.93. The van der Waals surface area contributed by atoms with Crippen LogP contribution in [-0.4, -0.2) is 18.0 Å². The maximum atomic E-state index is 12.2. The van der Waals surface area contributed by atoms with Crippen molar-refractivity contribution in [2.45, 2.75) is 25.3 Å². The minimum atomic E-state index is -0.317. The largest absolute Gasteiger partial charge is 0.328 e. The Balaban J connectivity index is 0.00000243. The fraction of sp³-hybridized carbons (Fsp3) is 0.263. The van der Waals surface area contributed by atoms with Crippen molar-refractivity contribution in [1.82, 2.24) is 0 Å². The topological polar surface area (TPSA) is 96.2 Å². The molecule has 1 aliphatic rings. The van der Waals surface area contributed by atoms with E-state index >= 15 is 0 Å². The van der Waals surface area contributed by atoms with Gasteiger partial charge in [0, 0.05) is 29.0 Å². The molecule has 1 aliphatic carbocycles. The molecule has 7 heteroatoms. The third kappa shape index (κ3) is 5.47. The summed E-state index contributed by atoms with van der Waals surface area (Å²) in [6.45, 7) is 0. The van der Waals surface area contributed by atoms with E-state index in [1.54, 1.807) is 24.3 Å². The molecule has 0 bridgehead atoms. The van der Waals surface area contributed by atoms with E-state index in [0.717, 1.165) is 24.9 Å². The maximum absolute atomic E-state index is 12.2. The molecule has 0 radical (unpaired) electrons. The molecule has 1 fully saturated rings. The molecule has 0 aromatic heterocycles. The van der Waals surface area contributed by atoms with E-state index in [-0.39, 0.29) is 36.3 Å². The highest BCUT2D eigenvalue weighted by Gasteiger charge is 2.27. The lowest BCUT2D eigenvalue weighted by Crippen LogP contribution is -2.23. The Morgan fingerprint density at radius 3 is 1.88 bits per heavy atom. The second-order valence-electron chi connectivity index (χ2n) is 6.28. The first kappa shape index (κ1) is 19.8. The zero-order valence-electron chi connectivity index (χ0n) is 14.3. The summed E-state index contributed by atoms with van der Waals surface area (Å²) in [6.07, 6.45) is 2.48. The molecule has 5 N–H and O–H groups in total. The average Bonchev–Trinajstić information content (AvgIpc) is 3.04. The Kier molecular flexibility index (Phi) is 7.00. The van der Waals surface area contributed by atoms with Gasteiger partial charge in [0.05, 0.1) is 0 Å². The van der Waals surface area contributed by atoms with Crippen LogP contribution >= 0.6 is 12.4 Å². The number of hydrogen-bond donors (Lipinski definition) is 4. The Bertz CT molecular complexity index is 737. The molecule has 2 unspecified atom stereocenters. The van der Waals surface area contributed by atoms with E-state index in [4.69, 9.17) is 5.73 Å². The summed E-state index contributed by atoms with van der Waals surface area (Å²) >= 11 is 0. The number of benzene rings is 2. The van der Waals surface area contributed by atoms with Crippen LogP contribution in [0.1, 0.15) is 19.3 Å². The first-order valence-corrected chi connectivity index (χ1v) is 8.40. The SMILES string of the molecule is Cl.NC1CCC(C(=O)Nc2ccc(NC(=O)Nc3ccccc3)cc2)C1. The van der Waals surface area contributed by atoms with Gasteiger partial charge in [-0.15, -0.1) is 12.4 Å². The lowest BCUT2D eigenvalue weighted by atomic mass is 10.1. The minimum absolute atomic E-state index is 0. The van der Waals surface area contributed by atoms with Gasteiger partial charge in [-0.05, 0) is 55.7 Å². The Morgan fingerprint density at radius 2 is 1.35 bits per heavy atom. The lowest BCUT2D eigenvalue weighted by Gasteiger charge is -2.12. The van der Waals surface area contributed by atoms with Gasteiger partial charge in [-0.2, -0.15) is 0 Å². The van der Waals surface area contributed by atoms with E-state index in [1.165, 1.54) is 0 Å². The van der Waals surface area contributed by atoms with Gasteiger partial charge in [0.1, 0.15) is 0 Å². The van der Waals surface area contributed by atoms with Crippen LogP contribution in [0.15, 0.2) is 54.6 Å². The zero-order chi connectivity index (χ0) is 17.6. The minimum Gasteiger partial charge on any atom is -0.328 e. The highest BCUT2D eigenvalue weighted by Crippen LogP contribution is 2.25. The summed E-state index contributed by atoms with van der Waals surface area (Å²) in [5, 5.41) is 8.40. The molecule has 1 saturated carbocycles. The van der Waals surface area contributed by atoms with E-state index in [2.05, 4.69) is 16.0 Å². The van der Waals surface area contributed by atoms with Crippen LogP contribution in [0.3, 0.4) is 0 Å². The molecule has 2 aromatic rings. The van der Waals surface area contributed by atoms with Crippen molar-refractivity contribution in [3.05, 3.63) is 54.6 Å². The second-order valence-corrected chi connectivity index (χ2v) is 6.28. The van der Waals surface area contributed by atoms with Crippen molar-refractivity contribution < 1.29 is 9.59 Å². The van der Waals surface area contributed by atoms with Crippen molar-refractivity contribution in [2.75, 3.05) is 16.0 Å². The summed E-state index contributed by atoms with van der Waals surface area (Å²) in [5.74, 6) is -0.0000634. The highest BCUT2D eigenvalue weighted by molar-refractivity contribution is 6.00. The molecular weight excluding hydrogens is 352 g/mol. The first-order chi connectivity index (χ1) is 12.1. The third-order valence-electron chi connectivity index (χ3n) is 4.29. The molecule has 0 spiro atoms. The van der Waals surface area contributed by atoms with E-state index in [1.807, 2.05) is 30.3 Å². The molecule has 3 amide bonds. The van der Waals surface area contributed by atoms with Crippen molar-refractivity contribution in [3.8, 4) is 0 Å². The fourth-order valence-corrected chi connectivity index (χ4v) is 2.95. The van der Waals surface area contributed by atoms with E-state index < -0.39 is 0 Å². The Morgan fingerprint density at radius 1 is 0.808 bits per heavy atom. The number of urea groups is 1. The smallest absolute Gasteiger partial charge is 0.323 e. The molecule has 3 rings (SSSR count). The van der Waals surface area contributed by atoms with E-state index in [9.17, 15) is 9.59 Å². The van der Waals surface area contributed by atoms with Crippen molar-refractivity contribution >= 4 is 41.4 Å². The lowest BCUT2D eigenvalue weighted by molar-refractivity contribution is -0.119. The Hall–Kier alpha value is -2.57. The average molecular weight is 375 g/mol. The number of nitrogens with one attached hydrogen (secondary N) is 3. The molecule has 26 heavy (non-hydrogen) atoms. The normalized spacial score (nSPS) is 18.5. The van der Waals surface area contributed by atoms with Crippen LogP contribution in [-0.2, 0) is 4.79 Å². The molecule has 2 atom stereocenters. The maximum Gasteiger partial charge on any atom is 0.323 e. The second kappa shape index (κ2) is 9.22. The van der Waals surface area contributed by atoms with Gasteiger partial charge in [0.25, 0.3) is 0 Å². The number of carbonyl (C=O) groups excluding carboxylic acids is 2. The van der Waals surface area contributed by atoms with Crippen LogP contribution in [0.5, 0.6) is 0 Å². The van der Waals surface area contributed by atoms with Crippen LogP contribution in [0.4, 0.5) is 21.9 Å². The zero-order valence-corrected chi connectivity index (χ0v) is 15.1. The van der Waals surface area contributed by atoms with Crippen LogP contribution in [0.2, 0.25) is 0 Å². The molecule has 0 saturated heterocycles.